The van der Waals surface area contributed by atoms with Crippen molar-refractivity contribution >= 4 is 17.7 Å². The Hall–Kier alpha value is -3.95. The Morgan fingerprint density at radius 2 is 1.74 bits per heavy atom. The number of rotatable bonds is 12. The Kier molecular flexibility index (Phi) is 9.81. The van der Waals surface area contributed by atoms with Gasteiger partial charge in [-0.2, -0.15) is 0 Å². The van der Waals surface area contributed by atoms with Gasteiger partial charge in [-0.1, -0.05) is 30.3 Å². The highest BCUT2D eigenvalue weighted by molar-refractivity contribution is 6.01. The largest absolute Gasteiger partial charge is 0.462 e. The topological polar surface area (TPSA) is 120 Å². The molecule has 1 aromatic carbocycles. The van der Waals surface area contributed by atoms with Crippen molar-refractivity contribution in [1.82, 2.24) is 19.8 Å². The highest BCUT2D eigenvalue weighted by Gasteiger charge is 2.43. The fraction of sp³-hybridized carbons (Fsp3) is 0.464. The van der Waals surface area contributed by atoms with Crippen LogP contribution in [0.25, 0.3) is 0 Å². The van der Waals surface area contributed by atoms with E-state index in [4.69, 9.17) is 4.74 Å². The van der Waals surface area contributed by atoms with Crippen LogP contribution in [0.5, 0.6) is 0 Å². The first-order valence-electron chi connectivity index (χ1n) is 13.1. The number of likely N-dealkylation sites (N-methyl/N-ethyl adjacent to an activating group) is 1. The third kappa shape index (κ3) is 6.30. The number of nitro groups is 1. The molecule has 1 atom stereocenters. The molecule has 10 nitrogen and oxygen atoms in total. The first kappa shape index (κ1) is 28.6. The third-order valence-corrected chi connectivity index (χ3v) is 6.89. The van der Waals surface area contributed by atoms with E-state index in [0.29, 0.717) is 36.5 Å². The van der Waals surface area contributed by atoms with Crippen molar-refractivity contribution < 1.29 is 19.2 Å². The fourth-order valence-corrected chi connectivity index (χ4v) is 4.83. The van der Waals surface area contributed by atoms with Crippen molar-refractivity contribution in [2.45, 2.75) is 59.3 Å². The van der Waals surface area contributed by atoms with Crippen molar-refractivity contribution in [3.63, 3.8) is 0 Å². The van der Waals surface area contributed by atoms with Gasteiger partial charge >= 0.3 is 11.8 Å². The monoisotopic (exact) mass is 523 g/mol. The molecule has 0 saturated heterocycles. The number of allylic oxidation sites excluding steroid dienone is 2. The SMILES string of the molecule is CCN(CC)C(=O)C1=C(C)NC(C)=C(C(=O)OCCCCCc2ccccc2)C1c1ncc([N+](=O)[O-])n1C. The van der Waals surface area contributed by atoms with Gasteiger partial charge in [0, 0.05) is 24.5 Å². The summed E-state index contributed by atoms with van der Waals surface area (Å²) in [6, 6.07) is 10.2. The molecule has 1 aromatic heterocycles. The van der Waals surface area contributed by atoms with Crippen LogP contribution in [0.2, 0.25) is 0 Å². The van der Waals surface area contributed by atoms with Crippen LogP contribution < -0.4 is 5.32 Å². The van der Waals surface area contributed by atoms with E-state index >= 15 is 0 Å². The van der Waals surface area contributed by atoms with Gasteiger partial charge in [-0.05, 0) is 63.9 Å². The molecule has 0 fully saturated rings. The molecule has 1 aliphatic heterocycles. The lowest BCUT2D eigenvalue weighted by atomic mass is 9.83. The summed E-state index contributed by atoms with van der Waals surface area (Å²) in [4.78, 5) is 44.0. The maximum Gasteiger partial charge on any atom is 0.342 e. The molecular formula is C28H37N5O5. The van der Waals surface area contributed by atoms with Crippen molar-refractivity contribution in [2.75, 3.05) is 19.7 Å². The molecule has 0 saturated carbocycles. The Balaban J connectivity index is 1.83. The van der Waals surface area contributed by atoms with Crippen molar-refractivity contribution in [3.8, 4) is 0 Å². The van der Waals surface area contributed by atoms with Crippen molar-refractivity contribution in [3.05, 3.63) is 80.6 Å². The number of benzene rings is 1. The number of nitrogens with one attached hydrogen (secondary N) is 1. The van der Waals surface area contributed by atoms with Crippen molar-refractivity contribution in [1.29, 1.82) is 0 Å². The number of aryl methyl sites for hydroxylation is 1. The van der Waals surface area contributed by atoms with Crippen LogP contribution in [0.3, 0.4) is 0 Å². The molecule has 38 heavy (non-hydrogen) atoms. The van der Waals surface area contributed by atoms with Gasteiger partial charge in [-0.25, -0.2) is 14.3 Å². The summed E-state index contributed by atoms with van der Waals surface area (Å²) in [5, 5.41) is 14.7. The molecule has 1 unspecified atom stereocenters. The standard InChI is InChI=1S/C28H37N5O5/c1-6-32(7-2)27(34)23-19(3)30-20(4)24(25(23)26-29-18-22(31(26)5)33(36)37)28(35)38-17-13-9-12-16-21-14-10-8-11-15-21/h8,10-11,14-15,18,25,30H,6-7,9,12-13,16-17H2,1-5H3. The summed E-state index contributed by atoms with van der Waals surface area (Å²) in [6.07, 6.45) is 4.70. The normalized spacial score (nSPS) is 15.3. The predicted octanol–water partition coefficient (Wildman–Crippen LogP) is 4.39. The Morgan fingerprint density at radius 3 is 2.34 bits per heavy atom. The second kappa shape index (κ2) is 13.0. The van der Waals surface area contributed by atoms with Gasteiger partial charge in [-0.15, -0.1) is 0 Å². The zero-order valence-corrected chi connectivity index (χ0v) is 22.8. The zero-order chi connectivity index (χ0) is 27.8. The van der Waals surface area contributed by atoms with Crippen molar-refractivity contribution in [2.24, 2.45) is 7.05 Å². The molecule has 0 radical (unpaired) electrons. The minimum atomic E-state index is -0.909. The number of dihydropyridines is 1. The average Bonchev–Trinajstić information content (AvgIpc) is 3.27. The Morgan fingerprint density at radius 1 is 1.08 bits per heavy atom. The van der Waals surface area contributed by atoms with Crippen LogP contribution in [0.1, 0.15) is 64.3 Å². The van der Waals surface area contributed by atoms with Gasteiger partial charge in [0.15, 0.2) is 0 Å². The van der Waals surface area contributed by atoms with Crippen LogP contribution in [0.15, 0.2) is 59.1 Å². The predicted molar refractivity (Wildman–Crippen MR) is 144 cm³/mol. The Bertz CT molecular complexity index is 1230. The van der Waals surface area contributed by atoms with E-state index in [0.717, 1.165) is 25.5 Å². The van der Waals surface area contributed by atoms with Crippen LogP contribution in [-0.4, -0.2) is 50.9 Å². The molecule has 2 aromatic rings. The lowest BCUT2D eigenvalue weighted by Crippen LogP contribution is -2.39. The molecule has 204 valence electrons. The molecule has 0 aliphatic carbocycles. The Labute approximate surface area is 223 Å². The quantitative estimate of drug-likeness (QED) is 0.190. The zero-order valence-electron chi connectivity index (χ0n) is 22.8. The number of nitrogens with zero attached hydrogens (tertiary/aromatic N) is 4. The van der Waals surface area contributed by atoms with E-state index in [2.05, 4.69) is 22.4 Å². The number of aromatic nitrogens is 2. The number of carbonyl (C=O) groups excluding carboxylic acids is 2. The molecule has 2 heterocycles. The highest BCUT2D eigenvalue weighted by Crippen LogP contribution is 2.39. The lowest BCUT2D eigenvalue weighted by Gasteiger charge is -2.31. The number of ether oxygens (including phenoxy) is 1. The summed E-state index contributed by atoms with van der Waals surface area (Å²) >= 11 is 0. The first-order chi connectivity index (χ1) is 18.2. The van der Waals surface area contributed by atoms with Crippen LogP contribution in [0.4, 0.5) is 5.82 Å². The lowest BCUT2D eigenvalue weighted by molar-refractivity contribution is -0.391. The summed E-state index contributed by atoms with van der Waals surface area (Å²) in [5.41, 5.74) is 2.95. The maximum atomic E-state index is 13.6. The summed E-state index contributed by atoms with van der Waals surface area (Å²) in [5.74, 6) is -1.72. The van der Waals surface area contributed by atoms with E-state index in [1.165, 1.54) is 17.2 Å². The van der Waals surface area contributed by atoms with Gasteiger partial charge in [0.05, 0.1) is 24.8 Å². The van der Waals surface area contributed by atoms with E-state index in [9.17, 15) is 19.7 Å². The smallest absolute Gasteiger partial charge is 0.342 e. The van der Waals surface area contributed by atoms with E-state index in [1.54, 1.807) is 18.7 Å². The third-order valence-electron chi connectivity index (χ3n) is 6.89. The number of unbranched alkanes of at least 4 members (excludes halogenated alkanes) is 2. The molecule has 0 bridgehead atoms. The molecule has 1 aliphatic rings. The molecular weight excluding hydrogens is 486 g/mol. The number of carbonyl (C=O) groups is 2. The van der Waals surface area contributed by atoms with Gasteiger partial charge in [-0.3, -0.25) is 4.79 Å². The summed E-state index contributed by atoms with van der Waals surface area (Å²) in [6.45, 7) is 8.45. The number of amides is 1. The van der Waals surface area contributed by atoms with Gasteiger partial charge in [0.1, 0.15) is 12.1 Å². The van der Waals surface area contributed by atoms with Gasteiger partial charge in [0.2, 0.25) is 5.82 Å². The molecule has 0 spiro atoms. The fourth-order valence-electron chi connectivity index (χ4n) is 4.83. The van der Waals surface area contributed by atoms with E-state index < -0.39 is 16.8 Å². The second-order valence-electron chi connectivity index (χ2n) is 9.34. The van der Waals surface area contributed by atoms with Gasteiger partial charge in [0.25, 0.3) is 5.91 Å². The van der Waals surface area contributed by atoms with E-state index in [-0.39, 0.29) is 29.7 Å². The molecule has 3 rings (SSSR count). The summed E-state index contributed by atoms with van der Waals surface area (Å²) in [7, 11) is 1.52. The second-order valence-corrected chi connectivity index (χ2v) is 9.34. The maximum absolute atomic E-state index is 13.6. The average molecular weight is 524 g/mol. The molecule has 10 heteroatoms. The number of esters is 1. The number of hydrogen-bond acceptors (Lipinski definition) is 7. The van der Waals surface area contributed by atoms with Crippen LogP contribution >= 0.6 is 0 Å². The first-order valence-corrected chi connectivity index (χ1v) is 13.1. The van der Waals surface area contributed by atoms with Crippen LogP contribution in [0, 0.1) is 10.1 Å². The van der Waals surface area contributed by atoms with Gasteiger partial charge < -0.3 is 25.1 Å². The number of hydrogen-bond donors (Lipinski definition) is 1. The van der Waals surface area contributed by atoms with Crippen LogP contribution in [-0.2, 0) is 27.8 Å². The number of imidazole rings is 1. The summed E-state index contributed by atoms with van der Waals surface area (Å²) < 4.78 is 6.99. The molecule has 1 amide bonds. The minimum Gasteiger partial charge on any atom is -0.462 e. The van der Waals surface area contributed by atoms with E-state index in [1.807, 2.05) is 32.0 Å². The minimum absolute atomic E-state index is 0.227. The highest BCUT2D eigenvalue weighted by atomic mass is 16.6. The molecule has 1 N–H and O–H groups in total.